The lowest BCUT2D eigenvalue weighted by atomic mass is 10.6. The first kappa shape index (κ1) is 12.4. The van der Waals surface area contributed by atoms with Crippen molar-refractivity contribution < 1.29 is 31.1 Å². The van der Waals surface area contributed by atoms with Gasteiger partial charge in [0.25, 0.3) is 5.77 Å². The first-order valence-corrected chi connectivity index (χ1v) is 7.98. The molecule has 88 valence electrons. The molecule has 0 bridgehead atoms. The predicted molar refractivity (Wildman–Crippen MR) is 59.3 cm³/mol. The van der Waals surface area contributed by atoms with Gasteiger partial charge in [-0.1, -0.05) is 0 Å². The van der Waals surface area contributed by atoms with E-state index in [1.807, 2.05) is 0 Å². The Morgan fingerprint density at radius 2 is 1.29 bits per heavy atom. The van der Waals surface area contributed by atoms with E-state index in [9.17, 15) is 20.2 Å². The van der Waals surface area contributed by atoms with Crippen LogP contribution in [0.3, 0.4) is 0 Å². The molecular formula is C8H4IN2O4S2+. The Morgan fingerprint density at radius 3 is 1.59 bits per heavy atom. The molecule has 2 aromatic rings. The van der Waals surface area contributed by atoms with Crippen LogP contribution < -0.4 is 21.2 Å². The van der Waals surface area contributed by atoms with Crippen LogP contribution in [0.1, 0.15) is 0 Å². The van der Waals surface area contributed by atoms with E-state index in [1.165, 1.54) is 12.1 Å². The smallest absolute Gasteiger partial charge is 0.258 e. The summed E-state index contributed by atoms with van der Waals surface area (Å²) in [6.45, 7) is 0. The maximum atomic E-state index is 10.5. The van der Waals surface area contributed by atoms with Crippen LogP contribution in [0.2, 0.25) is 0 Å². The Hall–Kier alpha value is -1.07. The lowest BCUT2D eigenvalue weighted by molar-refractivity contribution is -0.585. The molecule has 0 spiro atoms. The summed E-state index contributed by atoms with van der Waals surface area (Å²) in [5, 5.41) is 21.2. The van der Waals surface area contributed by atoms with Crippen LogP contribution in [0.4, 0.5) is 10.0 Å². The molecule has 0 aliphatic rings. The van der Waals surface area contributed by atoms with Crippen molar-refractivity contribution in [1.29, 1.82) is 0 Å². The standard InChI is InChI=1S/C8H4IN2O4S2/c12-10(13)7-3-1-5(16-7)9-6-2-4-8(17-6)11(14)15/h1-4H/q+1. The van der Waals surface area contributed by atoms with Crippen LogP contribution in [0, 0.1) is 26.0 Å². The van der Waals surface area contributed by atoms with Crippen LogP contribution in [-0.2, 0) is 0 Å². The van der Waals surface area contributed by atoms with Gasteiger partial charge in [-0.05, 0) is 22.7 Å². The van der Waals surface area contributed by atoms with E-state index in [2.05, 4.69) is 0 Å². The van der Waals surface area contributed by atoms with Gasteiger partial charge in [-0.3, -0.25) is 20.2 Å². The van der Waals surface area contributed by atoms with E-state index in [0.29, 0.717) is 0 Å². The van der Waals surface area contributed by atoms with E-state index in [-0.39, 0.29) is 10.0 Å². The summed E-state index contributed by atoms with van der Waals surface area (Å²) >= 11 is 1.73. The fourth-order valence-corrected chi connectivity index (χ4v) is 6.87. The average molecular weight is 383 g/mol. The van der Waals surface area contributed by atoms with Crippen molar-refractivity contribution in [3.05, 3.63) is 50.3 Å². The zero-order chi connectivity index (χ0) is 12.4. The van der Waals surface area contributed by atoms with Gasteiger partial charge in [0.2, 0.25) is 0 Å². The van der Waals surface area contributed by atoms with Gasteiger partial charge in [-0.2, -0.15) is 0 Å². The van der Waals surface area contributed by atoms with E-state index >= 15 is 0 Å². The highest BCUT2D eigenvalue weighted by Gasteiger charge is 2.26. The molecule has 0 atom stereocenters. The molecule has 2 rings (SSSR count). The van der Waals surface area contributed by atoms with Gasteiger partial charge in [-0.15, -0.1) is 0 Å². The number of halogens is 1. The van der Waals surface area contributed by atoms with Crippen LogP contribution in [0.25, 0.3) is 0 Å². The van der Waals surface area contributed by atoms with Crippen molar-refractivity contribution in [2.45, 2.75) is 0 Å². The Morgan fingerprint density at radius 1 is 0.882 bits per heavy atom. The Bertz CT molecular complexity index is 529. The molecule has 0 aromatic carbocycles. The quantitative estimate of drug-likeness (QED) is 0.414. The molecule has 0 saturated carbocycles. The third-order valence-electron chi connectivity index (χ3n) is 1.66. The van der Waals surface area contributed by atoms with Crippen molar-refractivity contribution >= 4 is 32.7 Å². The highest BCUT2D eigenvalue weighted by Crippen LogP contribution is 2.19. The third-order valence-corrected chi connectivity index (χ3v) is 7.45. The van der Waals surface area contributed by atoms with E-state index in [4.69, 9.17) is 0 Å². The monoisotopic (exact) mass is 383 g/mol. The average Bonchev–Trinajstić information content (AvgIpc) is 2.87. The second-order valence-electron chi connectivity index (χ2n) is 2.76. The van der Waals surface area contributed by atoms with Gasteiger partial charge >= 0.3 is 31.2 Å². The molecule has 2 aromatic heterocycles. The van der Waals surface area contributed by atoms with Crippen molar-refractivity contribution in [2.24, 2.45) is 0 Å². The molecule has 0 aliphatic heterocycles. The van der Waals surface area contributed by atoms with Gasteiger partial charge in [0.1, 0.15) is 0 Å². The number of nitrogens with zero attached hydrogens (tertiary/aromatic N) is 2. The summed E-state index contributed by atoms with van der Waals surface area (Å²) in [6, 6.07) is 6.40. The minimum absolute atomic E-state index is 0.116. The zero-order valence-corrected chi connectivity index (χ0v) is 11.8. The lowest BCUT2D eigenvalue weighted by Gasteiger charge is -1.78. The maximum absolute atomic E-state index is 10.5. The first-order valence-electron chi connectivity index (χ1n) is 4.19. The minimum Gasteiger partial charge on any atom is -0.258 e. The molecule has 6 nitrogen and oxygen atoms in total. The van der Waals surface area contributed by atoms with Crippen LogP contribution in [-0.4, -0.2) is 9.85 Å². The molecule has 0 radical (unpaired) electrons. The van der Waals surface area contributed by atoms with E-state index in [1.54, 1.807) is 12.1 Å². The minimum atomic E-state index is -0.553. The highest BCUT2D eigenvalue weighted by atomic mass is 127. The molecule has 0 saturated heterocycles. The second-order valence-corrected chi connectivity index (χ2v) is 9.22. The molecule has 0 aliphatic carbocycles. The number of thiophene rings is 2. The van der Waals surface area contributed by atoms with Gasteiger partial charge in [-0.25, -0.2) is 0 Å². The fraction of sp³-hybridized carbons (Fsp3) is 0. The van der Waals surface area contributed by atoms with E-state index in [0.717, 1.165) is 28.4 Å². The summed E-state index contributed by atoms with van der Waals surface area (Å²) in [4.78, 5) is 20.2. The molecule has 0 fully saturated rings. The molecule has 17 heavy (non-hydrogen) atoms. The lowest BCUT2D eigenvalue weighted by Crippen LogP contribution is -3.61. The predicted octanol–water partition coefficient (Wildman–Crippen LogP) is -0.246. The number of hydrogen-bond donors (Lipinski definition) is 0. The second kappa shape index (κ2) is 5.06. The summed E-state index contributed by atoms with van der Waals surface area (Å²) < 4.78 is 1.87. The Balaban J connectivity index is 2.13. The van der Waals surface area contributed by atoms with Crippen LogP contribution in [0.5, 0.6) is 0 Å². The molecule has 0 N–H and O–H groups in total. The summed E-state index contributed by atoms with van der Waals surface area (Å²) in [7, 11) is 0. The largest absolute Gasteiger partial charge is 0.382 e. The van der Waals surface area contributed by atoms with Crippen molar-refractivity contribution in [3.63, 3.8) is 0 Å². The first-order chi connectivity index (χ1) is 8.06. The van der Waals surface area contributed by atoms with Gasteiger partial charge in [0.05, 0.1) is 9.85 Å². The van der Waals surface area contributed by atoms with Crippen molar-refractivity contribution in [2.75, 3.05) is 0 Å². The number of rotatable bonds is 4. The summed E-state index contributed by atoms with van der Waals surface area (Å²) in [5.74, 6) is 0. The zero-order valence-electron chi connectivity index (χ0n) is 8.03. The fourth-order valence-electron chi connectivity index (χ4n) is 0.999. The molecule has 0 amide bonds. The van der Waals surface area contributed by atoms with E-state index < -0.39 is 31.1 Å². The van der Waals surface area contributed by atoms with Gasteiger partial charge in [0.15, 0.2) is 0 Å². The topological polar surface area (TPSA) is 86.3 Å². The van der Waals surface area contributed by atoms with Crippen LogP contribution in [0.15, 0.2) is 24.3 Å². The molecule has 9 heteroatoms. The van der Waals surface area contributed by atoms with Gasteiger partial charge in [0, 0.05) is 24.3 Å². The van der Waals surface area contributed by atoms with Crippen molar-refractivity contribution in [3.8, 4) is 0 Å². The molecular weight excluding hydrogens is 379 g/mol. The SMILES string of the molecule is O=[N+]([O-])c1ccc([I+]c2ccc([N+](=O)[O-])s2)s1. The Kier molecular flexibility index (Phi) is 3.69. The number of hydrogen-bond acceptors (Lipinski definition) is 6. The normalized spacial score (nSPS) is 10.4. The van der Waals surface area contributed by atoms with Gasteiger partial charge < -0.3 is 0 Å². The molecule has 2 heterocycles. The Labute approximate surface area is 113 Å². The highest BCUT2D eigenvalue weighted by molar-refractivity contribution is 7.13. The maximum Gasteiger partial charge on any atom is 0.382 e. The number of nitro groups is 2. The summed E-state index contributed by atoms with van der Waals surface area (Å²) in [6.07, 6.45) is 0. The third kappa shape index (κ3) is 2.98. The molecule has 0 unspecified atom stereocenters. The summed E-state index contributed by atoms with van der Waals surface area (Å²) in [5.41, 5.74) is 0. The van der Waals surface area contributed by atoms with Crippen molar-refractivity contribution in [1.82, 2.24) is 0 Å². The van der Waals surface area contributed by atoms with Crippen LogP contribution >= 0.6 is 22.7 Å².